The van der Waals surface area contributed by atoms with E-state index in [0.29, 0.717) is 0 Å². The highest BCUT2D eigenvalue weighted by Gasteiger charge is 2.52. The van der Waals surface area contributed by atoms with Crippen LogP contribution in [0.5, 0.6) is 0 Å². The highest BCUT2D eigenvalue weighted by molar-refractivity contribution is 6.63. The molecule has 0 bridgehead atoms. The second kappa shape index (κ2) is 5.43. The van der Waals surface area contributed by atoms with E-state index in [0.717, 1.165) is 22.3 Å². The summed E-state index contributed by atoms with van der Waals surface area (Å²) in [4.78, 5) is 4.50. The molecule has 0 atom stereocenters. The SMILES string of the molecule is Cc1cc(F)ccc1-c1ncccc1B1OC(C)(C)C(C)(C)O1. The maximum absolute atomic E-state index is 13.4. The zero-order valence-electron chi connectivity index (χ0n) is 14.2. The van der Waals surface area contributed by atoms with Crippen molar-refractivity contribution < 1.29 is 13.7 Å². The number of rotatable bonds is 2. The van der Waals surface area contributed by atoms with E-state index in [1.807, 2.05) is 46.8 Å². The molecule has 5 heteroatoms. The molecular weight excluding hydrogens is 292 g/mol. The molecule has 23 heavy (non-hydrogen) atoms. The fourth-order valence-electron chi connectivity index (χ4n) is 2.70. The second-order valence-corrected chi connectivity index (χ2v) is 6.99. The third-order valence-electron chi connectivity index (χ3n) is 4.79. The van der Waals surface area contributed by atoms with Gasteiger partial charge in [-0.15, -0.1) is 0 Å². The van der Waals surface area contributed by atoms with E-state index in [4.69, 9.17) is 9.31 Å². The topological polar surface area (TPSA) is 31.4 Å². The third-order valence-corrected chi connectivity index (χ3v) is 4.79. The number of pyridine rings is 1. The summed E-state index contributed by atoms with van der Waals surface area (Å²) in [6.45, 7) is 9.96. The van der Waals surface area contributed by atoms with Crippen molar-refractivity contribution in [3.63, 3.8) is 0 Å². The van der Waals surface area contributed by atoms with Crippen LogP contribution in [0.25, 0.3) is 11.3 Å². The van der Waals surface area contributed by atoms with Gasteiger partial charge in [0.1, 0.15) is 5.82 Å². The van der Waals surface area contributed by atoms with Crippen molar-refractivity contribution >= 4 is 12.6 Å². The van der Waals surface area contributed by atoms with E-state index in [-0.39, 0.29) is 5.82 Å². The van der Waals surface area contributed by atoms with Crippen molar-refractivity contribution in [1.82, 2.24) is 4.98 Å². The molecule has 2 aromatic rings. The van der Waals surface area contributed by atoms with Crippen LogP contribution in [-0.4, -0.2) is 23.3 Å². The van der Waals surface area contributed by atoms with Gasteiger partial charge < -0.3 is 9.31 Å². The lowest BCUT2D eigenvalue weighted by molar-refractivity contribution is 0.00578. The Hall–Kier alpha value is -1.72. The van der Waals surface area contributed by atoms with E-state index in [1.165, 1.54) is 12.1 Å². The maximum atomic E-state index is 13.4. The predicted molar refractivity (Wildman–Crippen MR) is 90.1 cm³/mol. The van der Waals surface area contributed by atoms with Crippen molar-refractivity contribution in [3.05, 3.63) is 47.9 Å². The minimum atomic E-state index is -0.492. The summed E-state index contributed by atoms with van der Waals surface area (Å²) in [6.07, 6.45) is 1.73. The molecular formula is C18H21BFNO2. The Labute approximate surface area is 137 Å². The molecule has 1 fully saturated rings. The van der Waals surface area contributed by atoms with Crippen LogP contribution in [0, 0.1) is 12.7 Å². The number of aryl methyl sites for hydroxylation is 1. The Morgan fingerprint density at radius 3 is 2.30 bits per heavy atom. The predicted octanol–water partition coefficient (Wildman–Crippen LogP) is 3.50. The molecule has 0 unspecified atom stereocenters. The van der Waals surface area contributed by atoms with Crippen molar-refractivity contribution in [2.24, 2.45) is 0 Å². The standard InChI is InChI=1S/C18H21BFNO2/c1-12-11-13(20)8-9-14(12)16-15(7-6-10-21-16)19-22-17(2,3)18(4,5)23-19/h6-11H,1-5H3. The molecule has 0 aliphatic carbocycles. The van der Waals surface area contributed by atoms with Gasteiger partial charge in [0.25, 0.3) is 0 Å². The second-order valence-electron chi connectivity index (χ2n) is 6.99. The smallest absolute Gasteiger partial charge is 0.399 e. The van der Waals surface area contributed by atoms with Gasteiger partial charge in [0, 0.05) is 17.2 Å². The first-order valence-corrected chi connectivity index (χ1v) is 7.78. The molecule has 3 rings (SSSR count). The van der Waals surface area contributed by atoms with Crippen LogP contribution >= 0.6 is 0 Å². The number of hydrogen-bond acceptors (Lipinski definition) is 3. The first-order chi connectivity index (χ1) is 10.7. The summed E-state index contributed by atoms with van der Waals surface area (Å²) < 4.78 is 25.7. The Bertz CT molecular complexity index is 730. The molecule has 0 amide bonds. The molecule has 1 aliphatic heterocycles. The highest BCUT2D eigenvalue weighted by atomic mass is 19.1. The first kappa shape index (κ1) is 16.2. The summed E-state index contributed by atoms with van der Waals surface area (Å²) in [5.74, 6) is -0.251. The fourth-order valence-corrected chi connectivity index (χ4v) is 2.70. The van der Waals surface area contributed by atoms with Crippen LogP contribution in [-0.2, 0) is 9.31 Å². The van der Waals surface area contributed by atoms with Crippen LogP contribution in [0.1, 0.15) is 33.3 Å². The number of nitrogens with zero attached hydrogens (tertiary/aromatic N) is 1. The summed E-state index contributed by atoms with van der Waals surface area (Å²) >= 11 is 0. The van der Waals surface area contributed by atoms with E-state index >= 15 is 0 Å². The van der Waals surface area contributed by atoms with Gasteiger partial charge in [-0.3, -0.25) is 4.98 Å². The average Bonchev–Trinajstić information content (AvgIpc) is 2.67. The quantitative estimate of drug-likeness (QED) is 0.795. The van der Waals surface area contributed by atoms with E-state index in [1.54, 1.807) is 12.3 Å². The average molecular weight is 313 g/mol. The normalized spacial score (nSPS) is 19.1. The van der Waals surface area contributed by atoms with E-state index in [2.05, 4.69) is 4.98 Å². The Balaban J connectivity index is 2.06. The minimum Gasteiger partial charge on any atom is -0.399 e. The van der Waals surface area contributed by atoms with Gasteiger partial charge in [-0.2, -0.15) is 0 Å². The van der Waals surface area contributed by atoms with Crippen LogP contribution in [0.3, 0.4) is 0 Å². The molecule has 1 aromatic heterocycles. The number of aromatic nitrogens is 1. The van der Waals surface area contributed by atoms with Crippen LogP contribution in [0.4, 0.5) is 4.39 Å². The van der Waals surface area contributed by atoms with E-state index < -0.39 is 18.3 Å². The molecule has 1 saturated heterocycles. The van der Waals surface area contributed by atoms with Gasteiger partial charge in [0.15, 0.2) is 0 Å². The lowest BCUT2D eigenvalue weighted by Crippen LogP contribution is -2.41. The van der Waals surface area contributed by atoms with Crippen LogP contribution < -0.4 is 5.46 Å². The first-order valence-electron chi connectivity index (χ1n) is 7.78. The summed E-state index contributed by atoms with van der Waals surface area (Å²) in [5.41, 5.74) is 2.52. The zero-order chi connectivity index (χ0) is 16.8. The van der Waals surface area contributed by atoms with Gasteiger partial charge in [0.2, 0.25) is 0 Å². The molecule has 0 spiro atoms. The summed E-state index contributed by atoms with van der Waals surface area (Å²) in [7, 11) is -0.492. The molecule has 0 saturated carbocycles. The van der Waals surface area contributed by atoms with Crippen molar-refractivity contribution in [2.75, 3.05) is 0 Å². The number of hydrogen-bond donors (Lipinski definition) is 0. The molecule has 1 aliphatic rings. The minimum absolute atomic E-state index is 0.251. The summed E-state index contributed by atoms with van der Waals surface area (Å²) in [5, 5.41) is 0. The number of halogens is 1. The zero-order valence-corrected chi connectivity index (χ0v) is 14.2. The fraction of sp³-hybridized carbons (Fsp3) is 0.389. The Morgan fingerprint density at radius 2 is 1.70 bits per heavy atom. The number of benzene rings is 1. The van der Waals surface area contributed by atoms with Gasteiger partial charge in [-0.1, -0.05) is 6.07 Å². The lowest BCUT2D eigenvalue weighted by atomic mass is 9.76. The monoisotopic (exact) mass is 313 g/mol. The van der Waals surface area contributed by atoms with E-state index in [9.17, 15) is 4.39 Å². The lowest BCUT2D eigenvalue weighted by Gasteiger charge is -2.32. The van der Waals surface area contributed by atoms with Crippen molar-refractivity contribution in [2.45, 2.75) is 45.8 Å². The van der Waals surface area contributed by atoms with Gasteiger partial charge >= 0.3 is 7.12 Å². The van der Waals surface area contributed by atoms with Gasteiger partial charge in [0.05, 0.1) is 16.9 Å². The van der Waals surface area contributed by atoms with Crippen molar-refractivity contribution in [3.8, 4) is 11.3 Å². The largest absolute Gasteiger partial charge is 0.497 e. The Morgan fingerprint density at radius 1 is 1.04 bits per heavy atom. The highest BCUT2D eigenvalue weighted by Crippen LogP contribution is 2.37. The van der Waals surface area contributed by atoms with Crippen LogP contribution in [0.2, 0.25) is 0 Å². The molecule has 1 aromatic carbocycles. The van der Waals surface area contributed by atoms with Crippen LogP contribution in [0.15, 0.2) is 36.5 Å². The third kappa shape index (κ3) is 2.79. The summed E-state index contributed by atoms with van der Waals surface area (Å²) in [6, 6.07) is 8.53. The van der Waals surface area contributed by atoms with Crippen molar-refractivity contribution in [1.29, 1.82) is 0 Å². The molecule has 2 heterocycles. The molecule has 0 N–H and O–H groups in total. The van der Waals surface area contributed by atoms with Gasteiger partial charge in [-0.25, -0.2) is 4.39 Å². The molecule has 120 valence electrons. The Kier molecular flexibility index (Phi) is 3.81. The maximum Gasteiger partial charge on any atom is 0.497 e. The molecule has 0 radical (unpaired) electrons. The molecule has 3 nitrogen and oxygen atoms in total. The van der Waals surface area contributed by atoms with Gasteiger partial charge in [-0.05, 0) is 64.4 Å².